The number of nitrogens with one attached hydrogen (secondary N) is 1. The normalized spacial score (nSPS) is 11.9. The molecule has 0 bridgehead atoms. The lowest BCUT2D eigenvalue weighted by Gasteiger charge is -2.16. The fraction of sp³-hybridized carbons (Fsp3) is 0.533. The molecule has 0 heterocycles. The lowest BCUT2D eigenvalue weighted by Crippen LogP contribution is -2.45. The lowest BCUT2D eigenvalue weighted by atomic mass is 10.3. The highest BCUT2D eigenvalue weighted by Gasteiger charge is 2.14. The Kier molecular flexibility index (Phi) is 7.50. The van der Waals surface area contributed by atoms with E-state index in [2.05, 4.69) is 12.2 Å². The van der Waals surface area contributed by atoms with Gasteiger partial charge < -0.3 is 20.5 Å². The van der Waals surface area contributed by atoms with Crippen LogP contribution in [-0.2, 0) is 4.79 Å². The molecule has 1 rings (SSSR count). The van der Waals surface area contributed by atoms with Crippen molar-refractivity contribution >= 4 is 5.91 Å². The number of ether oxygens (including phenoxy) is 2. The summed E-state index contributed by atoms with van der Waals surface area (Å²) in [5.74, 6) is 1.11. The van der Waals surface area contributed by atoms with Gasteiger partial charge in [0.05, 0.1) is 6.61 Å². The Bertz CT molecular complexity index is 393. The summed E-state index contributed by atoms with van der Waals surface area (Å²) in [5.41, 5.74) is 5.32. The van der Waals surface area contributed by atoms with Gasteiger partial charge in [0.2, 0.25) is 5.91 Å². The van der Waals surface area contributed by atoms with Gasteiger partial charge in [-0.1, -0.05) is 13.8 Å². The van der Waals surface area contributed by atoms with Gasteiger partial charge in [0.1, 0.15) is 24.1 Å². The molecule has 1 unspecified atom stereocenters. The number of hydrogen-bond donors (Lipinski definition) is 2. The summed E-state index contributed by atoms with van der Waals surface area (Å²) < 4.78 is 11.1. The number of amides is 1. The first kappa shape index (κ1) is 16.3. The highest BCUT2D eigenvalue weighted by atomic mass is 16.5. The highest BCUT2D eigenvalue weighted by Crippen LogP contribution is 2.17. The molecule has 20 heavy (non-hydrogen) atoms. The zero-order chi connectivity index (χ0) is 14.8. The molecule has 0 aliphatic heterocycles. The maximum Gasteiger partial charge on any atom is 0.238 e. The van der Waals surface area contributed by atoms with Crippen molar-refractivity contribution in [3.63, 3.8) is 0 Å². The molecule has 1 atom stereocenters. The van der Waals surface area contributed by atoms with E-state index < -0.39 is 11.9 Å². The van der Waals surface area contributed by atoms with Crippen molar-refractivity contribution in [1.82, 2.24) is 5.32 Å². The maximum atomic E-state index is 11.3. The largest absolute Gasteiger partial charge is 0.494 e. The molecule has 0 saturated carbocycles. The number of benzene rings is 1. The second-order valence-electron chi connectivity index (χ2n) is 4.54. The summed E-state index contributed by atoms with van der Waals surface area (Å²) in [6, 6.07) is 6.88. The smallest absolute Gasteiger partial charge is 0.238 e. The molecular formula is C15H24N2O3. The van der Waals surface area contributed by atoms with E-state index in [4.69, 9.17) is 15.2 Å². The van der Waals surface area contributed by atoms with Crippen LogP contribution in [0.15, 0.2) is 24.3 Å². The third-order valence-corrected chi connectivity index (χ3v) is 2.70. The zero-order valence-electron chi connectivity index (χ0n) is 12.2. The van der Waals surface area contributed by atoms with E-state index in [-0.39, 0.29) is 6.61 Å². The number of carbonyl (C=O) groups excluding carboxylic acids is 1. The first-order valence-electron chi connectivity index (χ1n) is 7.05. The molecule has 0 aromatic heterocycles. The van der Waals surface area contributed by atoms with Gasteiger partial charge in [0.15, 0.2) is 0 Å². The average molecular weight is 280 g/mol. The molecule has 1 aromatic carbocycles. The summed E-state index contributed by atoms with van der Waals surface area (Å²) >= 11 is 0. The van der Waals surface area contributed by atoms with Crippen LogP contribution in [0.2, 0.25) is 0 Å². The van der Waals surface area contributed by atoms with Crippen LogP contribution in [0.4, 0.5) is 0 Å². The molecule has 5 nitrogen and oxygen atoms in total. The van der Waals surface area contributed by atoms with E-state index in [1.165, 1.54) is 0 Å². The van der Waals surface area contributed by atoms with Gasteiger partial charge in [-0.15, -0.1) is 0 Å². The van der Waals surface area contributed by atoms with E-state index >= 15 is 0 Å². The predicted octanol–water partition coefficient (Wildman–Crippen LogP) is 1.71. The van der Waals surface area contributed by atoms with Crippen molar-refractivity contribution in [1.29, 1.82) is 0 Å². The van der Waals surface area contributed by atoms with Crippen LogP contribution in [0.5, 0.6) is 11.5 Å². The van der Waals surface area contributed by atoms with Crippen LogP contribution in [0, 0.1) is 0 Å². The first-order valence-corrected chi connectivity index (χ1v) is 7.05. The Balaban J connectivity index is 2.44. The molecule has 112 valence electrons. The summed E-state index contributed by atoms with van der Waals surface area (Å²) in [7, 11) is 0. The van der Waals surface area contributed by atoms with Gasteiger partial charge in [-0.2, -0.15) is 0 Å². The van der Waals surface area contributed by atoms with Crippen LogP contribution in [0.3, 0.4) is 0 Å². The summed E-state index contributed by atoms with van der Waals surface area (Å²) in [5, 5.41) is 3.05. The fourth-order valence-electron chi connectivity index (χ4n) is 1.59. The van der Waals surface area contributed by atoms with Gasteiger partial charge >= 0.3 is 0 Å². The monoisotopic (exact) mass is 280 g/mol. The van der Waals surface area contributed by atoms with Gasteiger partial charge in [-0.3, -0.25) is 4.79 Å². The highest BCUT2D eigenvalue weighted by molar-refractivity contribution is 5.80. The average Bonchev–Trinajstić information content (AvgIpc) is 2.46. The van der Waals surface area contributed by atoms with Crippen molar-refractivity contribution < 1.29 is 14.3 Å². The number of carbonyl (C=O) groups is 1. The van der Waals surface area contributed by atoms with Crippen LogP contribution in [0.1, 0.15) is 26.7 Å². The minimum atomic E-state index is -0.467. The second kappa shape index (κ2) is 9.20. The van der Waals surface area contributed by atoms with E-state index in [0.717, 1.165) is 25.1 Å². The number of primary amides is 1. The number of hydrogen-bond acceptors (Lipinski definition) is 4. The Morgan fingerprint density at radius 2 is 1.75 bits per heavy atom. The van der Waals surface area contributed by atoms with Gasteiger partial charge in [-0.25, -0.2) is 0 Å². The SMILES string of the molecule is CCCNC(COc1ccc(OCCC)cc1)C(N)=O. The standard InChI is InChI=1S/C15H24N2O3/c1-3-9-17-14(15(16)18)11-20-13-7-5-12(6-8-13)19-10-4-2/h5-8,14,17H,3-4,9-11H2,1-2H3,(H2,16,18). The Morgan fingerprint density at radius 1 is 1.15 bits per heavy atom. The molecule has 0 radical (unpaired) electrons. The summed E-state index contributed by atoms with van der Waals surface area (Å²) in [6.07, 6.45) is 1.91. The van der Waals surface area contributed by atoms with Crippen molar-refractivity contribution in [2.45, 2.75) is 32.7 Å². The van der Waals surface area contributed by atoms with E-state index in [9.17, 15) is 4.79 Å². The molecule has 5 heteroatoms. The van der Waals surface area contributed by atoms with Crippen molar-refractivity contribution in [2.24, 2.45) is 5.73 Å². The molecule has 0 saturated heterocycles. The summed E-state index contributed by atoms with van der Waals surface area (Å²) in [4.78, 5) is 11.3. The zero-order valence-corrected chi connectivity index (χ0v) is 12.2. The maximum absolute atomic E-state index is 11.3. The van der Waals surface area contributed by atoms with Gasteiger partial charge in [-0.05, 0) is 43.7 Å². The third-order valence-electron chi connectivity index (χ3n) is 2.70. The van der Waals surface area contributed by atoms with Gasteiger partial charge in [0.25, 0.3) is 0 Å². The first-order chi connectivity index (χ1) is 9.67. The van der Waals surface area contributed by atoms with E-state index in [1.54, 1.807) is 0 Å². The van der Waals surface area contributed by atoms with Crippen LogP contribution >= 0.6 is 0 Å². The molecule has 0 aliphatic rings. The minimum Gasteiger partial charge on any atom is -0.494 e. The Labute approximate surface area is 120 Å². The minimum absolute atomic E-state index is 0.227. The molecule has 0 aliphatic carbocycles. The molecule has 1 aromatic rings. The number of rotatable bonds is 10. The number of nitrogens with two attached hydrogens (primary N) is 1. The van der Waals surface area contributed by atoms with Crippen LogP contribution < -0.4 is 20.5 Å². The lowest BCUT2D eigenvalue weighted by molar-refractivity contribution is -0.120. The quantitative estimate of drug-likeness (QED) is 0.684. The second-order valence-corrected chi connectivity index (χ2v) is 4.54. The Morgan fingerprint density at radius 3 is 2.25 bits per heavy atom. The van der Waals surface area contributed by atoms with Crippen molar-refractivity contribution in [3.05, 3.63) is 24.3 Å². The fourth-order valence-corrected chi connectivity index (χ4v) is 1.59. The van der Waals surface area contributed by atoms with E-state index in [0.29, 0.717) is 12.4 Å². The molecule has 0 fully saturated rings. The van der Waals surface area contributed by atoms with Crippen LogP contribution in [0.25, 0.3) is 0 Å². The topological polar surface area (TPSA) is 73.6 Å². The van der Waals surface area contributed by atoms with Crippen molar-refractivity contribution in [2.75, 3.05) is 19.8 Å². The predicted molar refractivity (Wildman–Crippen MR) is 79.0 cm³/mol. The molecule has 0 spiro atoms. The molecular weight excluding hydrogens is 256 g/mol. The molecule has 3 N–H and O–H groups in total. The summed E-state index contributed by atoms with van der Waals surface area (Å²) in [6.45, 7) is 5.75. The Hall–Kier alpha value is -1.75. The third kappa shape index (κ3) is 5.93. The van der Waals surface area contributed by atoms with Gasteiger partial charge in [0, 0.05) is 0 Å². The van der Waals surface area contributed by atoms with Crippen molar-refractivity contribution in [3.8, 4) is 11.5 Å². The van der Waals surface area contributed by atoms with Crippen LogP contribution in [-0.4, -0.2) is 31.7 Å². The van der Waals surface area contributed by atoms with E-state index in [1.807, 2.05) is 31.2 Å². The molecule has 1 amide bonds.